The maximum atomic E-state index is 13.1. The molecule has 1 aromatic heterocycles. The molecule has 0 aliphatic carbocycles. The van der Waals surface area contributed by atoms with E-state index < -0.39 is 35.2 Å². The van der Waals surface area contributed by atoms with Gasteiger partial charge < -0.3 is 20.0 Å². The molecule has 0 spiro atoms. The number of likely N-dealkylation sites (tertiary alicyclic amines) is 1. The Morgan fingerprint density at radius 2 is 2.03 bits per heavy atom. The van der Waals surface area contributed by atoms with Gasteiger partial charge in [0.05, 0.1) is 12.1 Å². The molecule has 154 valence electrons. The number of nitrogens with zero attached hydrogens (tertiary/aromatic N) is 1. The molecule has 2 aromatic rings. The smallest absolute Gasteiger partial charge is 0.417 e. The molecule has 2 heterocycles. The summed E-state index contributed by atoms with van der Waals surface area (Å²) in [6, 6.07) is 3.07. The second-order valence-electron chi connectivity index (χ2n) is 6.42. The third-order valence-electron chi connectivity index (χ3n) is 4.53. The summed E-state index contributed by atoms with van der Waals surface area (Å²) < 4.78 is 44.2. The van der Waals surface area contributed by atoms with Gasteiger partial charge in [-0.2, -0.15) is 13.2 Å². The molecule has 1 saturated heterocycles. The van der Waals surface area contributed by atoms with Crippen LogP contribution in [0.1, 0.15) is 18.4 Å². The first-order chi connectivity index (χ1) is 13.7. The third-order valence-corrected chi connectivity index (χ3v) is 4.53. The molecule has 0 unspecified atom stereocenters. The maximum absolute atomic E-state index is 13.1. The number of halogens is 3. The number of amides is 3. The molecule has 0 bridgehead atoms. The molecule has 29 heavy (non-hydrogen) atoms. The van der Waals surface area contributed by atoms with E-state index in [1.54, 1.807) is 0 Å². The van der Waals surface area contributed by atoms with E-state index in [1.807, 2.05) is 0 Å². The Labute approximate surface area is 161 Å². The number of benzene rings is 1. The van der Waals surface area contributed by atoms with Crippen molar-refractivity contribution in [3.05, 3.63) is 40.2 Å². The Kier molecular flexibility index (Phi) is 5.57. The van der Waals surface area contributed by atoms with Gasteiger partial charge in [0.15, 0.2) is 0 Å². The Morgan fingerprint density at radius 3 is 2.72 bits per heavy atom. The summed E-state index contributed by atoms with van der Waals surface area (Å²) >= 11 is 0. The van der Waals surface area contributed by atoms with Crippen LogP contribution in [0.25, 0.3) is 11.0 Å². The fraction of sp³-hybridized carbons (Fsp3) is 0.333. The molecule has 1 atom stereocenters. The van der Waals surface area contributed by atoms with Crippen LogP contribution < -0.4 is 16.3 Å². The molecule has 1 aliphatic heterocycles. The van der Waals surface area contributed by atoms with Gasteiger partial charge in [-0.3, -0.25) is 14.4 Å². The van der Waals surface area contributed by atoms with Crippen LogP contribution in [0, 0.1) is 0 Å². The first kappa shape index (κ1) is 20.4. The molecule has 1 aromatic carbocycles. The largest absolute Gasteiger partial charge is 0.423 e. The van der Waals surface area contributed by atoms with Gasteiger partial charge in [-0.15, -0.1) is 0 Å². The van der Waals surface area contributed by atoms with Crippen molar-refractivity contribution in [3.8, 4) is 0 Å². The molecular weight excluding hydrogens is 395 g/mol. The van der Waals surface area contributed by atoms with Crippen molar-refractivity contribution >= 4 is 34.9 Å². The number of fused-ring (bicyclic) bond motifs is 1. The number of rotatable bonds is 5. The van der Waals surface area contributed by atoms with E-state index >= 15 is 0 Å². The van der Waals surface area contributed by atoms with Gasteiger partial charge in [0.2, 0.25) is 18.2 Å². The summed E-state index contributed by atoms with van der Waals surface area (Å²) in [5.74, 6) is -0.954. The highest BCUT2D eigenvalue weighted by Crippen LogP contribution is 2.34. The quantitative estimate of drug-likeness (QED) is 0.573. The van der Waals surface area contributed by atoms with Gasteiger partial charge in [0, 0.05) is 29.8 Å². The highest BCUT2D eigenvalue weighted by atomic mass is 19.4. The minimum absolute atomic E-state index is 0.121. The van der Waals surface area contributed by atoms with Gasteiger partial charge in [0.1, 0.15) is 11.6 Å². The number of anilines is 1. The normalized spacial score (nSPS) is 16.7. The summed E-state index contributed by atoms with van der Waals surface area (Å²) in [5.41, 5.74) is -2.49. The van der Waals surface area contributed by atoms with Crippen molar-refractivity contribution < 1.29 is 32.0 Å². The number of carbonyl (C=O) groups excluding carboxylic acids is 3. The zero-order chi connectivity index (χ0) is 21.2. The summed E-state index contributed by atoms with van der Waals surface area (Å²) in [5, 5.41) is 4.46. The molecular formula is C18H16F3N3O5. The van der Waals surface area contributed by atoms with Gasteiger partial charge in [-0.1, -0.05) is 0 Å². The second kappa shape index (κ2) is 7.94. The maximum Gasteiger partial charge on any atom is 0.417 e. The summed E-state index contributed by atoms with van der Waals surface area (Å²) in [6.07, 6.45) is -3.37. The van der Waals surface area contributed by atoms with Crippen LogP contribution in [0.3, 0.4) is 0 Å². The van der Waals surface area contributed by atoms with E-state index in [4.69, 9.17) is 4.42 Å². The third kappa shape index (κ3) is 4.39. The molecule has 2 N–H and O–H groups in total. The molecule has 11 heteroatoms. The van der Waals surface area contributed by atoms with Crippen molar-refractivity contribution in [2.45, 2.75) is 25.1 Å². The van der Waals surface area contributed by atoms with Crippen LogP contribution in [0.2, 0.25) is 0 Å². The molecule has 1 fully saturated rings. The van der Waals surface area contributed by atoms with E-state index in [9.17, 15) is 32.3 Å². The van der Waals surface area contributed by atoms with E-state index in [2.05, 4.69) is 10.6 Å². The summed E-state index contributed by atoms with van der Waals surface area (Å²) in [7, 11) is 0. The SMILES string of the molecule is O=CNCC(=O)N1CCC[C@H]1C(=O)Nc1ccc2c(C(F)(F)F)cc(=O)oc2c1. The molecule has 8 nitrogen and oxygen atoms in total. The van der Waals surface area contributed by atoms with Crippen LogP contribution in [-0.4, -0.2) is 42.3 Å². The van der Waals surface area contributed by atoms with Gasteiger partial charge in [0.25, 0.3) is 0 Å². The number of hydrogen-bond donors (Lipinski definition) is 2. The topological polar surface area (TPSA) is 109 Å². The number of nitrogens with one attached hydrogen (secondary N) is 2. The predicted octanol–water partition coefficient (Wildman–Crippen LogP) is 1.49. The molecule has 0 radical (unpaired) electrons. The van der Waals surface area contributed by atoms with Crippen molar-refractivity contribution in [1.82, 2.24) is 10.2 Å². The number of hydrogen-bond acceptors (Lipinski definition) is 5. The lowest BCUT2D eigenvalue weighted by Gasteiger charge is -2.23. The van der Waals surface area contributed by atoms with Crippen molar-refractivity contribution in [3.63, 3.8) is 0 Å². The molecule has 3 rings (SSSR count). The van der Waals surface area contributed by atoms with Crippen molar-refractivity contribution in [2.24, 2.45) is 0 Å². The Hall–Kier alpha value is -3.37. The van der Waals surface area contributed by atoms with Crippen LogP contribution in [0.5, 0.6) is 0 Å². The van der Waals surface area contributed by atoms with E-state index in [0.29, 0.717) is 31.9 Å². The number of carbonyl (C=O) groups is 3. The van der Waals surface area contributed by atoms with Crippen LogP contribution in [0.4, 0.5) is 18.9 Å². The lowest BCUT2D eigenvalue weighted by molar-refractivity contribution is -0.136. The van der Waals surface area contributed by atoms with Crippen LogP contribution in [-0.2, 0) is 20.6 Å². The fourth-order valence-corrected chi connectivity index (χ4v) is 3.27. The average Bonchev–Trinajstić information content (AvgIpc) is 3.14. The van der Waals surface area contributed by atoms with E-state index in [1.165, 1.54) is 11.0 Å². The number of alkyl halides is 3. The van der Waals surface area contributed by atoms with Gasteiger partial charge >= 0.3 is 11.8 Å². The second-order valence-corrected chi connectivity index (χ2v) is 6.42. The highest BCUT2D eigenvalue weighted by Gasteiger charge is 2.35. The van der Waals surface area contributed by atoms with Crippen LogP contribution >= 0.6 is 0 Å². The monoisotopic (exact) mass is 411 g/mol. The van der Waals surface area contributed by atoms with Crippen molar-refractivity contribution in [1.29, 1.82) is 0 Å². The van der Waals surface area contributed by atoms with E-state index in [0.717, 1.165) is 12.1 Å². The first-order valence-electron chi connectivity index (χ1n) is 8.63. The van der Waals surface area contributed by atoms with E-state index in [-0.39, 0.29) is 23.2 Å². The standard InChI is InChI=1S/C18H16F3N3O5/c19-18(20,21)12-7-16(27)29-14-6-10(3-4-11(12)14)23-17(28)13-2-1-5-24(13)15(26)8-22-9-25/h3-4,6-7,9,13H,1-2,5,8H2,(H,22,25)(H,23,28)/t13-/m0/s1. The Morgan fingerprint density at radius 1 is 1.28 bits per heavy atom. The Bertz CT molecular complexity index is 1020. The van der Waals surface area contributed by atoms with Gasteiger partial charge in [-0.25, -0.2) is 4.79 Å². The lowest BCUT2D eigenvalue weighted by atomic mass is 10.1. The van der Waals surface area contributed by atoms with Crippen molar-refractivity contribution in [2.75, 3.05) is 18.4 Å². The highest BCUT2D eigenvalue weighted by molar-refractivity contribution is 5.99. The van der Waals surface area contributed by atoms with Gasteiger partial charge in [-0.05, 0) is 25.0 Å². The predicted molar refractivity (Wildman–Crippen MR) is 94.9 cm³/mol. The molecule has 3 amide bonds. The summed E-state index contributed by atoms with van der Waals surface area (Å²) in [4.78, 5) is 47.8. The first-order valence-corrected chi connectivity index (χ1v) is 8.63. The fourth-order valence-electron chi connectivity index (χ4n) is 3.27. The summed E-state index contributed by atoms with van der Waals surface area (Å²) in [6.45, 7) is 0.105. The zero-order valence-corrected chi connectivity index (χ0v) is 14.9. The Balaban J connectivity index is 1.83. The zero-order valence-electron chi connectivity index (χ0n) is 14.9. The minimum Gasteiger partial charge on any atom is -0.423 e. The minimum atomic E-state index is -4.74. The lowest BCUT2D eigenvalue weighted by Crippen LogP contribution is -2.46. The average molecular weight is 411 g/mol. The molecule has 0 saturated carbocycles. The molecule has 1 aliphatic rings. The van der Waals surface area contributed by atoms with Crippen LogP contribution in [0.15, 0.2) is 33.5 Å².